The SMILES string of the molecule is CC(C)C(=O)C1OCCC1NC(=O)OC(C)(C)C. The van der Waals surface area contributed by atoms with Crippen LogP contribution in [0.15, 0.2) is 0 Å². The molecule has 104 valence electrons. The molecule has 0 radical (unpaired) electrons. The molecule has 0 aromatic rings. The standard InChI is InChI=1S/C13H23NO4/c1-8(2)10(15)11-9(6-7-17-11)14-12(16)18-13(3,4)5/h8-9,11H,6-7H2,1-5H3,(H,14,16). The number of hydrogen-bond donors (Lipinski definition) is 1. The zero-order valence-electron chi connectivity index (χ0n) is 11.8. The predicted octanol–water partition coefficient (Wildman–Crippen LogP) is 1.89. The Kier molecular flexibility index (Phi) is 4.73. The monoisotopic (exact) mass is 257 g/mol. The van der Waals surface area contributed by atoms with Gasteiger partial charge in [-0.3, -0.25) is 4.79 Å². The summed E-state index contributed by atoms with van der Waals surface area (Å²) in [6, 6.07) is -0.283. The van der Waals surface area contributed by atoms with Gasteiger partial charge in [-0.15, -0.1) is 0 Å². The molecule has 1 fully saturated rings. The van der Waals surface area contributed by atoms with Crippen LogP contribution in [0.2, 0.25) is 0 Å². The summed E-state index contributed by atoms with van der Waals surface area (Å²) in [5, 5.41) is 2.71. The molecule has 0 spiro atoms. The van der Waals surface area contributed by atoms with Crippen LogP contribution < -0.4 is 5.32 Å². The molecule has 2 unspecified atom stereocenters. The van der Waals surface area contributed by atoms with Crippen molar-refractivity contribution in [3.63, 3.8) is 0 Å². The molecule has 1 aliphatic rings. The number of alkyl carbamates (subject to hydrolysis) is 1. The van der Waals surface area contributed by atoms with E-state index in [9.17, 15) is 9.59 Å². The Morgan fingerprint density at radius 1 is 1.33 bits per heavy atom. The van der Waals surface area contributed by atoms with Crippen LogP contribution in [0, 0.1) is 5.92 Å². The summed E-state index contributed by atoms with van der Waals surface area (Å²) in [5.74, 6) is -0.0791. The van der Waals surface area contributed by atoms with E-state index >= 15 is 0 Å². The zero-order valence-corrected chi connectivity index (χ0v) is 11.8. The molecule has 5 nitrogen and oxygen atoms in total. The van der Waals surface area contributed by atoms with Gasteiger partial charge in [0.2, 0.25) is 0 Å². The average Bonchev–Trinajstić information content (AvgIpc) is 2.61. The van der Waals surface area contributed by atoms with E-state index in [2.05, 4.69) is 5.32 Å². The minimum absolute atomic E-state index is 0.0218. The van der Waals surface area contributed by atoms with Crippen LogP contribution in [0.4, 0.5) is 4.79 Å². The van der Waals surface area contributed by atoms with E-state index in [1.54, 1.807) is 20.8 Å². The van der Waals surface area contributed by atoms with Crippen molar-refractivity contribution in [2.75, 3.05) is 6.61 Å². The van der Waals surface area contributed by atoms with Crippen LogP contribution in [0.1, 0.15) is 41.0 Å². The molecular weight excluding hydrogens is 234 g/mol. The molecule has 1 heterocycles. The number of carbonyl (C=O) groups excluding carboxylic acids is 2. The van der Waals surface area contributed by atoms with Gasteiger partial charge in [0.1, 0.15) is 11.7 Å². The van der Waals surface area contributed by atoms with E-state index in [-0.39, 0.29) is 17.7 Å². The molecule has 2 atom stereocenters. The van der Waals surface area contributed by atoms with Gasteiger partial charge < -0.3 is 14.8 Å². The van der Waals surface area contributed by atoms with E-state index in [1.165, 1.54) is 0 Å². The van der Waals surface area contributed by atoms with Crippen molar-refractivity contribution in [2.45, 2.75) is 58.8 Å². The van der Waals surface area contributed by atoms with Crippen molar-refractivity contribution in [3.05, 3.63) is 0 Å². The van der Waals surface area contributed by atoms with Crippen molar-refractivity contribution >= 4 is 11.9 Å². The average molecular weight is 257 g/mol. The second-order valence-electron chi connectivity index (χ2n) is 5.89. The van der Waals surface area contributed by atoms with Crippen LogP contribution in [0.3, 0.4) is 0 Å². The molecule has 18 heavy (non-hydrogen) atoms. The van der Waals surface area contributed by atoms with Crippen LogP contribution in [0.5, 0.6) is 0 Å². The van der Waals surface area contributed by atoms with Crippen molar-refractivity contribution in [1.29, 1.82) is 0 Å². The Bertz CT molecular complexity index is 319. The van der Waals surface area contributed by atoms with Crippen molar-refractivity contribution in [1.82, 2.24) is 5.32 Å². The van der Waals surface area contributed by atoms with E-state index in [0.717, 1.165) is 0 Å². The Morgan fingerprint density at radius 2 is 1.94 bits per heavy atom. The molecule has 1 saturated heterocycles. The first kappa shape index (κ1) is 15.0. The number of amides is 1. The number of Topliss-reactive ketones (excluding diaryl/α,β-unsaturated/α-hetero) is 1. The number of ether oxygens (including phenoxy) is 2. The first-order valence-electron chi connectivity index (χ1n) is 6.35. The lowest BCUT2D eigenvalue weighted by atomic mass is 9.98. The Morgan fingerprint density at radius 3 is 2.44 bits per heavy atom. The fourth-order valence-electron chi connectivity index (χ4n) is 1.81. The van der Waals surface area contributed by atoms with Crippen LogP contribution in [-0.2, 0) is 14.3 Å². The second-order valence-corrected chi connectivity index (χ2v) is 5.89. The van der Waals surface area contributed by atoms with Gasteiger partial charge in [0.15, 0.2) is 5.78 Å². The molecule has 1 N–H and O–H groups in total. The largest absolute Gasteiger partial charge is 0.444 e. The minimum Gasteiger partial charge on any atom is -0.444 e. The first-order chi connectivity index (χ1) is 8.20. The first-order valence-corrected chi connectivity index (χ1v) is 6.35. The third-order valence-electron chi connectivity index (χ3n) is 2.64. The predicted molar refractivity (Wildman–Crippen MR) is 67.4 cm³/mol. The maximum atomic E-state index is 11.9. The highest BCUT2D eigenvalue weighted by atomic mass is 16.6. The topological polar surface area (TPSA) is 64.6 Å². The van der Waals surface area contributed by atoms with Gasteiger partial charge in [-0.25, -0.2) is 4.79 Å². The summed E-state index contributed by atoms with van der Waals surface area (Å²) in [6.45, 7) is 9.55. The number of ketones is 1. The van der Waals surface area contributed by atoms with Gasteiger partial charge in [0, 0.05) is 12.5 Å². The summed E-state index contributed by atoms with van der Waals surface area (Å²) in [6.07, 6.45) is -0.403. The van der Waals surface area contributed by atoms with Crippen LogP contribution in [0.25, 0.3) is 0 Å². The normalized spacial score (nSPS) is 24.1. The Hall–Kier alpha value is -1.10. The fraction of sp³-hybridized carbons (Fsp3) is 0.846. The van der Waals surface area contributed by atoms with Gasteiger partial charge in [-0.2, -0.15) is 0 Å². The second kappa shape index (κ2) is 5.69. The lowest BCUT2D eigenvalue weighted by molar-refractivity contribution is -0.131. The molecule has 0 aromatic carbocycles. The summed E-state index contributed by atoms with van der Waals surface area (Å²) in [5.41, 5.74) is -0.541. The fourth-order valence-corrected chi connectivity index (χ4v) is 1.81. The summed E-state index contributed by atoms with van der Waals surface area (Å²) in [7, 11) is 0. The molecule has 0 bridgehead atoms. The molecule has 0 aromatic heterocycles. The highest BCUT2D eigenvalue weighted by molar-refractivity contribution is 5.86. The number of rotatable bonds is 3. The quantitative estimate of drug-likeness (QED) is 0.838. The molecule has 0 saturated carbocycles. The van der Waals surface area contributed by atoms with Gasteiger partial charge in [-0.1, -0.05) is 13.8 Å². The third kappa shape index (κ3) is 4.29. The highest BCUT2D eigenvalue weighted by Gasteiger charge is 2.36. The van der Waals surface area contributed by atoms with Gasteiger partial charge >= 0.3 is 6.09 Å². The Balaban J connectivity index is 2.55. The maximum Gasteiger partial charge on any atom is 0.407 e. The molecular formula is C13H23NO4. The number of hydrogen-bond acceptors (Lipinski definition) is 4. The molecule has 0 aliphatic carbocycles. The maximum absolute atomic E-state index is 11.9. The molecule has 1 amide bonds. The van der Waals surface area contributed by atoms with E-state index in [4.69, 9.17) is 9.47 Å². The van der Waals surface area contributed by atoms with Gasteiger partial charge in [0.05, 0.1) is 6.04 Å². The summed E-state index contributed by atoms with van der Waals surface area (Å²) < 4.78 is 10.6. The molecule has 1 aliphatic heterocycles. The Labute approximate surface area is 108 Å². The summed E-state index contributed by atoms with van der Waals surface area (Å²) in [4.78, 5) is 23.6. The van der Waals surface area contributed by atoms with E-state index in [1.807, 2.05) is 13.8 Å². The van der Waals surface area contributed by atoms with Crippen LogP contribution in [-0.4, -0.2) is 36.2 Å². The zero-order chi connectivity index (χ0) is 13.9. The lowest BCUT2D eigenvalue weighted by Crippen LogP contribution is -2.46. The number of carbonyl (C=O) groups is 2. The smallest absolute Gasteiger partial charge is 0.407 e. The van der Waals surface area contributed by atoms with E-state index in [0.29, 0.717) is 13.0 Å². The van der Waals surface area contributed by atoms with Crippen LogP contribution >= 0.6 is 0 Å². The lowest BCUT2D eigenvalue weighted by Gasteiger charge is -2.24. The van der Waals surface area contributed by atoms with E-state index < -0.39 is 17.8 Å². The molecule has 5 heteroatoms. The van der Waals surface area contributed by atoms with Crippen molar-refractivity contribution < 1.29 is 19.1 Å². The highest BCUT2D eigenvalue weighted by Crippen LogP contribution is 2.18. The van der Waals surface area contributed by atoms with Gasteiger partial charge in [0.25, 0.3) is 0 Å². The third-order valence-corrected chi connectivity index (χ3v) is 2.64. The number of nitrogens with one attached hydrogen (secondary N) is 1. The van der Waals surface area contributed by atoms with Gasteiger partial charge in [-0.05, 0) is 27.2 Å². The molecule has 1 rings (SSSR count). The van der Waals surface area contributed by atoms with Crippen molar-refractivity contribution in [2.24, 2.45) is 5.92 Å². The minimum atomic E-state index is -0.544. The van der Waals surface area contributed by atoms with Crippen molar-refractivity contribution in [3.8, 4) is 0 Å². The summed E-state index contributed by atoms with van der Waals surface area (Å²) >= 11 is 0.